The molecule has 14 atom stereocenters. The van der Waals surface area contributed by atoms with Gasteiger partial charge in [0.05, 0.1) is 64.9 Å². The van der Waals surface area contributed by atoms with E-state index in [1.54, 1.807) is 142 Å². The maximum Gasteiger partial charge on any atom is 0.326 e. The molecule has 25 N–H and O–H groups in total. The fourth-order valence-corrected chi connectivity index (χ4v) is 14.1. The summed E-state index contributed by atoms with van der Waals surface area (Å²) in [6.45, 7) is 0.833. The monoisotopic (exact) mass is 1870 g/mol. The summed E-state index contributed by atoms with van der Waals surface area (Å²) >= 11 is 0. The van der Waals surface area contributed by atoms with E-state index in [1.165, 1.54) is 43.7 Å². The van der Waals surface area contributed by atoms with Crippen LogP contribution in [-0.4, -0.2) is 265 Å². The van der Waals surface area contributed by atoms with E-state index in [1.807, 2.05) is 0 Å². The number of aliphatic carboxylic acids is 2. The number of hydrogen-bond acceptors (Lipinski definition) is 23. The third-order valence-electron chi connectivity index (χ3n) is 21.8. The van der Waals surface area contributed by atoms with Crippen LogP contribution in [0.1, 0.15) is 93.3 Å². The average Bonchev–Trinajstić information content (AvgIpc) is 1.68. The number of aliphatic hydroxyl groups excluding tert-OH is 1. The number of phenols is 1. The molecule has 45 heteroatoms. The number of rotatable bonds is 40. The van der Waals surface area contributed by atoms with Crippen molar-refractivity contribution in [3.63, 3.8) is 0 Å². The largest absolute Gasteiger partial charge is 0.508 e. The molecule has 1 saturated heterocycles. The Bertz CT molecular complexity index is 5360. The molecule has 0 aliphatic carbocycles. The summed E-state index contributed by atoms with van der Waals surface area (Å²) < 4.78 is 0. The maximum atomic E-state index is 15.1. The molecule has 8 rings (SSSR count). The van der Waals surface area contributed by atoms with Gasteiger partial charge in [0.2, 0.25) is 106 Å². The van der Waals surface area contributed by atoms with Gasteiger partial charge < -0.3 is 127 Å². The van der Waals surface area contributed by atoms with Crippen LogP contribution in [0, 0.1) is 11.8 Å². The van der Waals surface area contributed by atoms with Crippen LogP contribution in [0.4, 0.5) is 0 Å². The molecule has 1 fully saturated rings. The van der Waals surface area contributed by atoms with Crippen LogP contribution in [-0.2, 0) is 134 Å². The van der Waals surface area contributed by atoms with E-state index in [-0.39, 0.29) is 49.1 Å². The quantitative estimate of drug-likeness (QED) is 0.0171. The lowest BCUT2D eigenvalue weighted by atomic mass is 9.96. The highest BCUT2D eigenvalue weighted by molar-refractivity contribution is 6.02. The van der Waals surface area contributed by atoms with Crippen molar-refractivity contribution in [3.8, 4) is 5.75 Å². The standard InChI is InChI=1S/C90H111N21O24/c1-5-48(3)77-88(132)98-45-75(120)101-62(34-54-39-93-58-25-17-16-24-57(54)58)80(124)96-43-73(118)103-64(36-69(91)114)84(128)106-65(37-70(115)94-41-71(116)100-60(86(130)110-77)31-51-20-12-8-13-21-51)87(131)111-78(49(4)6-2)89(133)107-59(30-50-18-10-7-11-19-50)79(123)95-42-72(117)102-63(35-55-40-92-47-99-55)83(127)105-61(32-53-26-28-56(113)29-27-53)82(126)109-68(46-112)81(125)97-44-74(119)104-66(38-76(121)122)85(129)108-67(90(134)135)33-52-22-14-9-15-23-52/h7-29,39-40,47-49,59-68,77-78,93,112-113H,5-6,30-38,41-46H2,1-4H3,(H2,91,114)(H,92,99)(H,94,115)(H,95,123)(H,96,124)(H,97,125)(H,98,132)(H,100,116)(H,101,120)(H,102,117)(H,103,118)(H,104,119)(H,105,127)(H,106,128)(H,107,133)(H,108,129)(H,109,126)(H,110,130)(H,111,131)(H,121,122)(H,134,135)/t48-,49-,59-,60?,61-,62?,63-,64-,65?,66-,67-,68-,77-,78-/m0/s1. The summed E-state index contributed by atoms with van der Waals surface area (Å²) in [5.74, 6) is -24.5. The van der Waals surface area contributed by atoms with Gasteiger partial charge in [-0.2, -0.15) is 0 Å². The Hall–Kier alpha value is -16.0. The molecule has 0 spiro atoms. The van der Waals surface area contributed by atoms with Crippen molar-refractivity contribution in [1.82, 2.24) is 105 Å². The van der Waals surface area contributed by atoms with Gasteiger partial charge in [0.25, 0.3) is 0 Å². The smallest absolute Gasteiger partial charge is 0.326 e. The highest BCUT2D eigenvalue weighted by atomic mass is 16.4. The number of primary amides is 1. The molecule has 2 aromatic heterocycles. The third-order valence-corrected chi connectivity index (χ3v) is 21.8. The third kappa shape index (κ3) is 34.0. The van der Waals surface area contributed by atoms with Gasteiger partial charge >= 0.3 is 11.9 Å². The first kappa shape index (κ1) is 104. The summed E-state index contributed by atoms with van der Waals surface area (Å²) in [4.78, 5) is 288. The number of aromatic hydroxyl groups is 1. The van der Waals surface area contributed by atoms with Crippen LogP contribution in [0.25, 0.3) is 10.9 Å². The molecule has 7 aromatic rings. The number of carboxylic acids is 2. The summed E-state index contributed by atoms with van der Waals surface area (Å²) in [7, 11) is 0. The number of amides is 18. The fourth-order valence-electron chi connectivity index (χ4n) is 14.1. The number of fused-ring (bicyclic) bond motifs is 1. The first-order valence-electron chi connectivity index (χ1n) is 43.2. The first-order valence-corrected chi connectivity index (χ1v) is 43.2. The number of carboxylic acid groups (broad SMARTS) is 2. The number of benzene rings is 5. The lowest BCUT2D eigenvalue weighted by Gasteiger charge is -2.29. The summed E-state index contributed by atoms with van der Waals surface area (Å²) in [5.41, 5.74) is 8.78. The number of nitrogens with zero attached hydrogens (tertiary/aromatic N) is 1. The zero-order chi connectivity index (χ0) is 98.4. The minimum Gasteiger partial charge on any atom is -0.508 e. The molecule has 45 nitrogen and oxygen atoms in total. The number of phenolic OH excluding ortho intramolecular Hbond substituents is 1. The lowest BCUT2D eigenvalue weighted by molar-refractivity contribution is -0.143. The number of para-hydroxylation sites is 1. The van der Waals surface area contributed by atoms with Crippen LogP contribution in [0.15, 0.2) is 158 Å². The van der Waals surface area contributed by atoms with Crippen LogP contribution < -0.4 is 96.1 Å². The van der Waals surface area contributed by atoms with Gasteiger partial charge in [-0.05, 0) is 57.9 Å². The Balaban J connectivity index is 1.000. The Labute approximate surface area is 772 Å². The van der Waals surface area contributed by atoms with Crippen molar-refractivity contribution >= 4 is 129 Å². The molecule has 1 aliphatic rings. The van der Waals surface area contributed by atoms with Gasteiger partial charge in [-0.25, -0.2) is 9.78 Å². The van der Waals surface area contributed by atoms with Gasteiger partial charge in [-0.1, -0.05) is 162 Å². The second-order valence-electron chi connectivity index (χ2n) is 32.1. The summed E-state index contributed by atoms with van der Waals surface area (Å²) in [6.07, 6.45) is -0.288. The van der Waals surface area contributed by atoms with E-state index < -0.39 is 274 Å². The molecule has 3 unspecified atom stereocenters. The van der Waals surface area contributed by atoms with E-state index in [0.29, 0.717) is 39.6 Å². The summed E-state index contributed by atoms with van der Waals surface area (Å²) in [6, 6.07) is 16.3. The maximum absolute atomic E-state index is 15.1. The van der Waals surface area contributed by atoms with Gasteiger partial charge in [0, 0.05) is 67.5 Å². The molecule has 0 radical (unpaired) electrons. The predicted octanol–water partition coefficient (Wildman–Crippen LogP) is -5.33. The average molecular weight is 1870 g/mol. The Kier molecular flexibility index (Phi) is 40.3. The molecule has 0 bridgehead atoms. The number of nitrogens with one attached hydrogen (secondary N) is 19. The lowest BCUT2D eigenvalue weighted by Crippen LogP contribution is -2.61. The van der Waals surface area contributed by atoms with Crippen LogP contribution >= 0.6 is 0 Å². The van der Waals surface area contributed by atoms with Gasteiger partial charge in [0.1, 0.15) is 78.3 Å². The van der Waals surface area contributed by atoms with Crippen molar-refractivity contribution in [2.75, 3.05) is 39.3 Å². The number of aromatic nitrogens is 3. The van der Waals surface area contributed by atoms with Crippen LogP contribution in [0.2, 0.25) is 0 Å². The Morgan fingerprint density at radius 1 is 0.467 bits per heavy atom. The number of carbonyl (C=O) groups is 20. The minimum atomic E-state index is -2.11. The fraction of sp³-hybridized carbons (Fsp3) is 0.389. The zero-order valence-corrected chi connectivity index (χ0v) is 74.1. The molecule has 3 heterocycles. The van der Waals surface area contributed by atoms with E-state index in [4.69, 9.17) is 5.73 Å². The van der Waals surface area contributed by atoms with E-state index >= 15 is 9.59 Å². The number of aromatic amines is 2. The second-order valence-corrected chi connectivity index (χ2v) is 32.1. The molecule has 720 valence electrons. The molecular weight excluding hydrogens is 1760 g/mol. The Morgan fingerprint density at radius 2 is 0.948 bits per heavy atom. The highest BCUT2D eigenvalue weighted by Gasteiger charge is 2.39. The number of aliphatic hydroxyl groups is 1. The highest BCUT2D eigenvalue weighted by Crippen LogP contribution is 2.21. The number of imidazole rings is 1. The molecular formula is C90H111N21O24. The minimum absolute atomic E-state index is 0.0927. The second kappa shape index (κ2) is 52.2. The number of H-pyrrole nitrogens is 2. The van der Waals surface area contributed by atoms with Crippen molar-refractivity contribution in [2.24, 2.45) is 17.6 Å². The normalized spacial score (nSPS) is 18.1. The van der Waals surface area contributed by atoms with E-state index in [2.05, 4.69) is 105 Å². The topological polar surface area (TPSA) is 697 Å². The molecule has 1 aliphatic heterocycles. The molecule has 18 amide bonds. The summed E-state index contributed by atoms with van der Waals surface area (Å²) in [5, 5.41) is 81.7. The van der Waals surface area contributed by atoms with Crippen LogP contribution in [0.5, 0.6) is 5.75 Å². The molecule has 0 saturated carbocycles. The van der Waals surface area contributed by atoms with Gasteiger partial charge in [0.15, 0.2) is 0 Å². The first-order chi connectivity index (χ1) is 64.5. The zero-order valence-electron chi connectivity index (χ0n) is 74.1. The molecule has 135 heavy (non-hydrogen) atoms. The van der Waals surface area contributed by atoms with E-state index in [0.717, 1.165) is 0 Å². The van der Waals surface area contributed by atoms with Crippen molar-refractivity contribution in [3.05, 3.63) is 192 Å². The number of hydrogen-bond donors (Lipinski definition) is 24. The van der Waals surface area contributed by atoms with Crippen molar-refractivity contribution < 1.29 is 116 Å². The van der Waals surface area contributed by atoms with Crippen molar-refractivity contribution in [1.29, 1.82) is 0 Å². The SMILES string of the molecule is CC[C@H](C)[C@@H]1NC(=O)C(Cc2ccccc2)NC(=O)CNC(=O)CC(C(=O)N[C@H](C(=O)N[C@@H](Cc2ccccc2)C(=O)NCC(=O)N[C@@H](Cc2cnc[nH]2)C(=O)N[C@@H](Cc2ccc(O)cc2)C(=O)N[C@@H](CO)C(=O)NCC(=O)N[C@@H](CC(=O)O)C(=O)N[C@@H](Cc2ccccc2)C(=O)O)[C@@H](C)CC)NC(=O)[C@H](CC(N)=O)NC(=O)CNC(=O)C(Cc2c[nH]c3ccccc23)NC(=O)CNC1=O. The van der Waals surface area contributed by atoms with E-state index in [9.17, 15) is 107 Å². The number of nitrogens with two attached hydrogens (primary N) is 1. The van der Waals surface area contributed by atoms with Crippen LogP contribution in [0.3, 0.4) is 0 Å². The molecule has 5 aromatic carbocycles. The number of carbonyl (C=O) groups excluding carboxylic acids is 18. The van der Waals surface area contributed by atoms with Gasteiger partial charge in [-0.3, -0.25) is 91.1 Å². The Morgan fingerprint density at radius 3 is 1.50 bits per heavy atom. The van der Waals surface area contributed by atoms with Crippen molar-refractivity contribution in [2.45, 2.75) is 171 Å². The predicted molar refractivity (Wildman–Crippen MR) is 479 cm³/mol. The van der Waals surface area contributed by atoms with Gasteiger partial charge in [-0.15, -0.1) is 0 Å².